The highest BCUT2D eigenvalue weighted by atomic mass is 32.2. The van der Waals surface area contributed by atoms with Gasteiger partial charge in [-0.1, -0.05) is 52.9 Å². The molecule has 0 atom stereocenters. The quantitative estimate of drug-likeness (QED) is 0.395. The van der Waals surface area contributed by atoms with Gasteiger partial charge in [0.2, 0.25) is 11.0 Å². The molecule has 2 aromatic heterocycles. The fourth-order valence-corrected chi connectivity index (χ4v) is 4.69. The molecule has 1 aromatic carbocycles. The zero-order valence-electron chi connectivity index (χ0n) is 14.9. The van der Waals surface area contributed by atoms with Crippen molar-refractivity contribution in [2.75, 3.05) is 17.6 Å². The minimum atomic E-state index is 0.0662. The van der Waals surface area contributed by atoms with Gasteiger partial charge >= 0.3 is 0 Å². The van der Waals surface area contributed by atoms with Gasteiger partial charge in [-0.25, -0.2) is 0 Å². The Hall–Kier alpha value is -2.16. The topological polar surface area (TPSA) is 58.1 Å². The number of carbonyl (C=O) groups is 1. The smallest absolute Gasteiger partial charge is 0.233 e. The number of hydrogen-bond acceptors (Lipinski definition) is 7. The van der Waals surface area contributed by atoms with E-state index in [2.05, 4.69) is 29.0 Å². The summed E-state index contributed by atoms with van der Waals surface area (Å²) in [6.07, 6.45) is 1.75. The van der Waals surface area contributed by atoms with Crippen molar-refractivity contribution in [3.05, 3.63) is 64.9 Å². The molecule has 3 aromatic rings. The molecule has 3 rings (SSSR count). The Balaban J connectivity index is 1.54. The summed E-state index contributed by atoms with van der Waals surface area (Å²) in [6.45, 7) is 6.95. The molecule has 0 saturated heterocycles. The van der Waals surface area contributed by atoms with E-state index in [0.717, 1.165) is 20.0 Å². The number of anilines is 2. The summed E-state index contributed by atoms with van der Waals surface area (Å²) < 4.78 is 0.771. The zero-order chi connectivity index (χ0) is 19.1. The Labute approximate surface area is 171 Å². The molecule has 0 aliphatic rings. The van der Waals surface area contributed by atoms with Gasteiger partial charge in [-0.3, -0.25) is 4.79 Å². The van der Waals surface area contributed by atoms with Crippen LogP contribution in [0.25, 0.3) is 0 Å². The molecular formula is C19H20N4OS3. The molecule has 0 aliphatic heterocycles. The molecule has 0 unspecified atom stereocenters. The SMILES string of the molecule is C=CCN(Cc1cccs1)C(=O)CSc1nnc(Nc2ccc(C)cc2)s1. The summed E-state index contributed by atoms with van der Waals surface area (Å²) in [6, 6.07) is 12.1. The van der Waals surface area contributed by atoms with Crippen molar-refractivity contribution < 1.29 is 4.79 Å². The van der Waals surface area contributed by atoms with Gasteiger partial charge in [-0.2, -0.15) is 0 Å². The van der Waals surface area contributed by atoms with Crippen LogP contribution in [0.2, 0.25) is 0 Å². The lowest BCUT2D eigenvalue weighted by Crippen LogP contribution is -2.31. The van der Waals surface area contributed by atoms with Crippen molar-refractivity contribution in [2.45, 2.75) is 17.8 Å². The van der Waals surface area contributed by atoms with Crippen molar-refractivity contribution in [2.24, 2.45) is 0 Å². The Morgan fingerprint density at radius 3 is 2.81 bits per heavy atom. The summed E-state index contributed by atoms with van der Waals surface area (Å²) in [5.41, 5.74) is 2.18. The molecule has 5 nitrogen and oxygen atoms in total. The number of rotatable bonds is 9. The summed E-state index contributed by atoms with van der Waals surface area (Å²) in [5, 5.41) is 14.3. The number of nitrogens with zero attached hydrogens (tertiary/aromatic N) is 3. The molecule has 0 aliphatic carbocycles. The Kier molecular flexibility index (Phi) is 7.03. The van der Waals surface area contributed by atoms with Gasteiger partial charge in [0, 0.05) is 17.1 Å². The number of thiophene rings is 1. The number of nitrogens with one attached hydrogen (secondary N) is 1. The number of benzene rings is 1. The first kappa shape index (κ1) is 19.6. The van der Waals surface area contributed by atoms with Crippen LogP contribution in [0.4, 0.5) is 10.8 Å². The van der Waals surface area contributed by atoms with Gasteiger partial charge in [0.05, 0.1) is 12.3 Å². The lowest BCUT2D eigenvalue weighted by Gasteiger charge is -2.19. The third-order valence-electron chi connectivity index (χ3n) is 3.66. The first-order valence-corrected chi connectivity index (χ1v) is 11.0. The number of amides is 1. The predicted octanol–water partition coefficient (Wildman–Crippen LogP) is 4.96. The molecule has 0 fully saturated rings. The van der Waals surface area contributed by atoms with E-state index in [1.165, 1.54) is 28.7 Å². The predicted molar refractivity (Wildman–Crippen MR) is 115 cm³/mol. The summed E-state index contributed by atoms with van der Waals surface area (Å²) in [4.78, 5) is 15.5. The van der Waals surface area contributed by atoms with Crippen molar-refractivity contribution in [1.82, 2.24) is 15.1 Å². The molecule has 140 valence electrons. The standard InChI is InChI=1S/C19H20N4OS3/c1-3-10-23(12-16-5-4-11-25-16)17(24)13-26-19-22-21-18(27-19)20-15-8-6-14(2)7-9-15/h3-9,11H,1,10,12-13H2,2H3,(H,20,21). The third kappa shape index (κ3) is 5.92. The number of aryl methyl sites for hydroxylation is 1. The Bertz CT molecular complexity index is 875. The maximum Gasteiger partial charge on any atom is 0.233 e. The largest absolute Gasteiger partial charge is 0.333 e. The van der Waals surface area contributed by atoms with Crippen LogP contribution in [-0.2, 0) is 11.3 Å². The maximum atomic E-state index is 12.6. The minimum absolute atomic E-state index is 0.0662. The van der Waals surface area contributed by atoms with E-state index < -0.39 is 0 Å². The van der Waals surface area contributed by atoms with E-state index in [-0.39, 0.29) is 5.91 Å². The molecule has 0 spiro atoms. The molecule has 2 heterocycles. The highest BCUT2D eigenvalue weighted by Crippen LogP contribution is 2.28. The third-order valence-corrected chi connectivity index (χ3v) is 6.48. The number of thioether (sulfide) groups is 1. The van der Waals surface area contributed by atoms with Gasteiger partial charge in [0.1, 0.15) is 0 Å². The van der Waals surface area contributed by atoms with Crippen LogP contribution in [0.3, 0.4) is 0 Å². The van der Waals surface area contributed by atoms with Crippen molar-refractivity contribution in [1.29, 1.82) is 0 Å². The Morgan fingerprint density at radius 1 is 1.30 bits per heavy atom. The first-order valence-electron chi connectivity index (χ1n) is 8.35. The summed E-state index contributed by atoms with van der Waals surface area (Å²) in [7, 11) is 0. The van der Waals surface area contributed by atoms with Crippen LogP contribution in [0, 0.1) is 6.92 Å². The van der Waals surface area contributed by atoms with Crippen LogP contribution >= 0.6 is 34.4 Å². The lowest BCUT2D eigenvalue weighted by molar-refractivity contribution is -0.128. The van der Waals surface area contributed by atoms with E-state index in [9.17, 15) is 4.79 Å². The van der Waals surface area contributed by atoms with Gasteiger partial charge in [0.15, 0.2) is 4.34 Å². The molecule has 0 bridgehead atoms. The monoisotopic (exact) mass is 416 g/mol. The van der Waals surface area contributed by atoms with Gasteiger partial charge < -0.3 is 10.2 Å². The molecule has 1 N–H and O–H groups in total. The van der Waals surface area contributed by atoms with Gasteiger partial charge in [0.25, 0.3) is 0 Å². The molecule has 27 heavy (non-hydrogen) atoms. The molecule has 8 heteroatoms. The van der Waals surface area contributed by atoms with E-state index in [1.54, 1.807) is 22.3 Å². The van der Waals surface area contributed by atoms with Crippen molar-refractivity contribution >= 4 is 51.2 Å². The van der Waals surface area contributed by atoms with E-state index in [1.807, 2.05) is 41.8 Å². The highest BCUT2D eigenvalue weighted by Gasteiger charge is 2.15. The fourth-order valence-electron chi connectivity index (χ4n) is 2.29. The second-order valence-electron chi connectivity index (χ2n) is 5.80. The average molecular weight is 417 g/mol. The van der Waals surface area contributed by atoms with E-state index >= 15 is 0 Å². The van der Waals surface area contributed by atoms with Crippen LogP contribution < -0.4 is 5.32 Å². The number of carbonyl (C=O) groups excluding carboxylic acids is 1. The fraction of sp³-hybridized carbons (Fsp3) is 0.211. The summed E-state index contributed by atoms with van der Waals surface area (Å²) in [5.74, 6) is 0.398. The molecule has 1 amide bonds. The number of hydrogen-bond donors (Lipinski definition) is 1. The molecular weight excluding hydrogens is 396 g/mol. The van der Waals surface area contributed by atoms with Crippen LogP contribution in [0.5, 0.6) is 0 Å². The second kappa shape index (κ2) is 9.68. The van der Waals surface area contributed by atoms with E-state index in [4.69, 9.17) is 0 Å². The average Bonchev–Trinajstić information content (AvgIpc) is 3.33. The zero-order valence-corrected chi connectivity index (χ0v) is 17.4. The lowest BCUT2D eigenvalue weighted by atomic mass is 10.2. The minimum Gasteiger partial charge on any atom is -0.333 e. The highest BCUT2D eigenvalue weighted by molar-refractivity contribution is 8.01. The van der Waals surface area contributed by atoms with Crippen LogP contribution in [-0.4, -0.2) is 33.3 Å². The normalized spacial score (nSPS) is 10.6. The van der Waals surface area contributed by atoms with Crippen molar-refractivity contribution in [3.8, 4) is 0 Å². The van der Waals surface area contributed by atoms with Crippen molar-refractivity contribution in [3.63, 3.8) is 0 Å². The second-order valence-corrected chi connectivity index (χ2v) is 9.03. The summed E-state index contributed by atoms with van der Waals surface area (Å²) >= 11 is 4.51. The van der Waals surface area contributed by atoms with E-state index in [0.29, 0.717) is 18.8 Å². The first-order chi connectivity index (χ1) is 13.1. The van der Waals surface area contributed by atoms with Crippen LogP contribution in [0.1, 0.15) is 10.4 Å². The maximum absolute atomic E-state index is 12.6. The van der Waals surface area contributed by atoms with Gasteiger partial charge in [-0.05, 0) is 30.5 Å². The van der Waals surface area contributed by atoms with Gasteiger partial charge in [-0.15, -0.1) is 28.1 Å². The Morgan fingerprint density at radius 2 is 2.11 bits per heavy atom. The van der Waals surface area contributed by atoms with Crippen LogP contribution in [0.15, 0.2) is 58.8 Å². The molecule has 0 radical (unpaired) electrons. The molecule has 0 saturated carbocycles. The number of aromatic nitrogens is 2.